The van der Waals surface area contributed by atoms with Gasteiger partial charge in [0.15, 0.2) is 0 Å². The normalized spacial score (nSPS) is 17.6. The van der Waals surface area contributed by atoms with Gasteiger partial charge in [0, 0.05) is 13.7 Å². The molecular formula is C15H18N4O3. The highest BCUT2D eigenvalue weighted by Crippen LogP contribution is 2.14. The number of aryl methyl sites for hydroxylation is 1. The van der Waals surface area contributed by atoms with Crippen molar-refractivity contribution in [3.63, 3.8) is 0 Å². The van der Waals surface area contributed by atoms with Crippen LogP contribution >= 0.6 is 0 Å². The van der Waals surface area contributed by atoms with Gasteiger partial charge < -0.3 is 9.30 Å². The number of aromatic nitrogens is 2. The maximum absolute atomic E-state index is 11.9. The number of nitrogens with one attached hydrogen (secondary N) is 2. The summed E-state index contributed by atoms with van der Waals surface area (Å²) in [6.45, 7) is 0.589. The summed E-state index contributed by atoms with van der Waals surface area (Å²) in [5, 5.41) is 0. The van der Waals surface area contributed by atoms with Gasteiger partial charge in [-0.3, -0.25) is 20.4 Å². The molecule has 116 valence electrons. The first kappa shape index (κ1) is 14.5. The van der Waals surface area contributed by atoms with Crippen LogP contribution < -0.4 is 10.9 Å². The van der Waals surface area contributed by atoms with Crippen LogP contribution in [0.15, 0.2) is 24.3 Å². The van der Waals surface area contributed by atoms with Crippen LogP contribution in [0.1, 0.15) is 18.7 Å². The quantitative estimate of drug-likeness (QED) is 0.806. The molecule has 1 saturated heterocycles. The van der Waals surface area contributed by atoms with Crippen LogP contribution in [0.25, 0.3) is 11.0 Å². The van der Waals surface area contributed by atoms with Crippen molar-refractivity contribution in [2.24, 2.45) is 7.05 Å². The molecule has 22 heavy (non-hydrogen) atoms. The first-order valence-electron chi connectivity index (χ1n) is 7.26. The van der Waals surface area contributed by atoms with Gasteiger partial charge in [-0.2, -0.15) is 0 Å². The largest absolute Gasteiger partial charge is 0.368 e. The molecule has 0 radical (unpaired) electrons. The highest BCUT2D eigenvalue weighted by molar-refractivity contribution is 5.86. The summed E-state index contributed by atoms with van der Waals surface area (Å²) < 4.78 is 7.12. The van der Waals surface area contributed by atoms with Gasteiger partial charge in [-0.1, -0.05) is 12.1 Å². The van der Waals surface area contributed by atoms with Crippen LogP contribution in [0.3, 0.4) is 0 Å². The predicted octanol–water partition coefficient (Wildman–Crippen LogP) is 0.442. The highest BCUT2D eigenvalue weighted by Gasteiger charge is 2.23. The average molecular weight is 302 g/mol. The first-order chi connectivity index (χ1) is 10.6. The Morgan fingerprint density at radius 1 is 1.36 bits per heavy atom. The number of carbonyl (C=O) groups excluding carboxylic acids is 2. The Hall–Kier alpha value is -2.41. The van der Waals surface area contributed by atoms with E-state index in [4.69, 9.17) is 4.74 Å². The van der Waals surface area contributed by atoms with E-state index < -0.39 is 6.10 Å². The molecule has 7 heteroatoms. The molecular weight excluding hydrogens is 284 g/mol. The van der Waals surface area contributed by atoms with E-state index in [9.17, 15) is 9.59 Å². The van der Waals surface area contributed by atoms with Crippen LogP contribution in [0, 0.1) is 0 Å². The molecule has 0 saturated carbocycles. The first-order valence-corrected chi connectivity index (χ1v) is 7.26. The fourth-order valence-electron chi connectivity index (χ4n) is 2.54. The second kappa shape index (κ2) is 6.15. The second-order valence-electron chi connectivity index (χ2n) is 5.29. The number of amides is 2. The highest BCUT2D eigenvalue weighted by atomic mass is 16.5. The third kappa shape index (κ3) is 2.94. The lowest BCUT2D eigenvalue weighted by Gasteiger charge is -2.11. The third-order valence-electron chi connectivity index (χ3n) is 3.75. The molecule has 1 aliphatic rings. The van der Waals surface area contributed by atoms with Gasteiger partial charge in [-0.25, -0.2) is 4.98 Å². The van der Waals surface area contributed by atoms with E-state index >= 15 is 0 Å². The van der Waals surface area contributed by atoms with Crippen LogP contribution in [0.2, 0.25) is 0 Å². The Kier molecular flexibility index (Phi) is 4.06. The van der Waals surface area contributed by atoms with Crippen molar-refractivity contribution < 1.29 is 14.3 Å². The molecule has 1 aliphatic heterocycles. The lowest BCUT2D eigenvalue weighted by Crippen LogP contribution is -2.46. The smallest absolute Gasteiger partial charge is 0.267 e. The summed E-state index contributed by atoms with van der Waals surface area (Å²) in [4.78, 5) is 28.1. The number of para-hydroxylation sites is 2. The van der Waals surface area contributed by atoms with E-state index in [1.54, 1.807) is 0 Å². The average Bonchev–Trinajstić information content (AvgIpc) is 3.15. The summed E-state index contributed by atoms with van der Waals surface area (Å²) >= 11 is 0. The van der Waals surface area contributed by atoms with E-state index in [1.807, 2.05) is 35.9 Å². The summed E-state index contributed by atoms with van der Waals surface area (Å²) in [7, 11) is 1.86. The van der Waals surface area contributed by atoms with Crippen molar-refractivity contribution in [3.8, 4) is 0 Å². The van der Waals surface area contributed by atoms with Crippen LogP contribution in [0.4, 0.5) is 0 Å². The van der Waals surface area contributed by atoms with E-state index in [2.05, 4.69) is 15.8 Å². The predicted molar refractivity (Wildman–Crippen MR) is 79.7 cm³/mol. The summed E-state index contributed by atoms with van der Waals surface area (Å²) in [5.41, 5.74) is 6.61. The number of carbonyl (C=O) groups is 2. The summed E-state index contributed by atoms with van der Waals surface area (Å²) in [6.07, 6.45) is 1.19. The van der Waals surface area contributed by atoms with Gasteiger partial charge in [0.25, 0.3) is 5.91 Å². The second-order valence-corrected chi connectivity index (χ2v) is 5.29. The Morgan fingerprint density at radius 3 is 2.91 bits per heavy atom. The minimum Gasteiger partial charge on any atom is -0.368 e. The molecule has 2 aromatic rings. The maximum Gasteiger partial charge on any atom is 0.267 e. The van der Waals surface area contributed by atoms with Crippen LogP contribution in [-0.4, -0.2) is 34.1 Å². The fourth-order valence-corrected chi connectivity index (χ4v) is 2.54. The van der Waals surface area contributed by atoms with Gasteiger partial charge in [0.2, 0.25) is 5.91 Å². The fraction of sp³-hybridized carbons (Fsp3) is 0.400. The van der Waals surface area contributed by atoms with E-state index in [0.717, 1.165) is 17.5 Å². The van der Waals surface area contributed by atoms with Crippen molar-refractivity contribution in [3.05, 3.63) is 30.1 Å². The van der Waals surface area contributed by atoms with Gasteiger partial charge in [0.05, 0.1) is 17.5 Å². The van der Waals surface area contributed by atoms with Gasteiger partial charge in [-0.15, -0.1) is 0 Å². The van der Waals surface area contributed by atoms with Crippen molar-refractivity contribution in [2.45, 2.75) is 25.4 Å². The molecule has 7 nitrogen and oxygen atoms in total. The Labute approximate surface area is 127 Å². The molecule has 1 atom stereocenters. The lowest BCUT2D eigenvalue weighted by atomic mass is 10.2. The van der Waals surface area contributed by atoms with E-state index in [0.29, 0.717) is 18.9 Å². The molecule has 1 fully saturated rings. The molecule has 0 spiro atoms. The van der Waals surface area contributed by atoms with E-state index in [-0.39, 0.29) is 18.2 Å². The van der Waals surface area contributed by atoms with Crippen molar-refractivity contribution >= 4 is 22.8 Å². The number of benzene rings is 1. The van der Waals surface area contributed by atoms with Crippen molar-refractivity contribution in [1.82, 2.24) is 20.4 Å². The number of hydrogen-bond acceptors (Lipinski definition) is 4. The van der Waals surface area contributed by atoms with E-state index in [1.165, 1.54) is 0 Å². The molecule has 2 amide bonds. The summed E-state index contributed by atoms with van der Waals surface area (Å²) in [5.74, 6) is 0.0191. The number of hydrogen-bond donors (Lipinski definition) is 2. The molecule has 1 aromatic heterocycles. The van der Waals surface area contributed by atoms with Crippen LogP contribution in [-0.2, 0) is 27.8 Å². The minimum absolute atomic E-state index is 0.0942. The topological polar surface area (TPSA) is 85.2 Å². The lowest BCUT2D eigenvalue weighted by molar-refractivity contribution is -0.134. The number of fused-ring (bicyclic) bond motifs is 1. The number of rotatable bonds is 3. The Bertz CT molecular complexity index is 704. The Morgan fingerprint density at radius 2 is 2.18 bits per heavy atom. The number of ether oxygens (including phenoxy) is 1. The summed E-state index contributed by atoms with van der Waals surface area (Å²) in [6, 6.07) is 7.68. The van der Waals surface area contributed by atoms with Gasteiger partial charge in [0.1, 0.15) is 11.9 Å². The minimum atomic E-state index is -0.462. The molecule has 2 N–H and O–H groups in total. The molecule has 0 aliphatic carbocycles. The molecule has 1 aromatic carbocycles. The molecule has 2 heterocycles. The number of nitrogens with zero attached hydrogens (tertiary/aromatic N) is 2. The zero-order valence-corrected chi connectivity index (χ0v) is 12.3. The van der Waals surface area contributed by atoms with Crippen LogP contribution in [0.5, 0.6) is 0 Å². The SMILES string of the molecule is Cn1c(CC(=O)NNC(=O)C2CCCO2)nc2ccccc21. The number of imidazole rings is 1. The zero-order valence-electron chi connectivity index (χ0n) is 12.3. The van der Waals surface area contributed by atoms with Gasteiger partial charge in [-0.05, 0) is 25.0 Å². The monoisotopic (exact) mass is 302 g/mol. The third-order valence-corrected chi connectivity index (χ3v) is 3.75. The zero-order chi connectivity index (χ0) is 15.5. The van der Waals surface area contributed by atoms with Gasteiger partial charge >= 0.3 is 0 Å². The molecule has 3 rings (SSSR count). The Balaban J connectivity index is 1.58. The number of hydrazine groups is 1. The van der Waals surface area contributed by atoms with Crippen molar-refractivity contribution in [2.75, 3.05) is 6.61 Å². The maximum atomic E-state index is 11.9. The molecule has 0 bridgehead atoms. The molecule has 1 unspecified atom stereocenters. The standard InChI is InChI=1S/C15H18N4O3/c1-19-11-6-3-2-5-10(11)16-13(19)9-14(20)17-18-15(21)12-7-4-8-22-12/h2-3,5-6,12H,4,7-9H2,1H3,(H,17,20)(H,18,21). The van der Waals surface area contributed by atoms with Crippen molar-refractivity contribution in [1.29, 1.82) is 0 Å².